The first kappa shape index (κ1) is 19.2. The van der Waals surface area contributed by atoms with Crippen LogP contribution in [0.3, 0.4) is 0 Å². The molecule has 1 unspecified atom stereocenters. The zero-order chi connectivity index (χ0) is 18.6. The summed E-state index contributed by atoms with van der Waals surface area (Å²) in [5.74, 6) is 0. The monoisotopic (exact) mass is 333 g/mol. The fourth-order valence-electron chi connectivity index (χ4n) is 3.36. The first-order valence-electron chi connectivity index (χ1n) is 9.03. The highest BCUT2D eigenvalue weighted by Gasteiger charge is 2.13. The summed E-state index contributed by atoms with van der Waals surface area (Å²) in [7, 11) is 2.01. The maximum atomic E-state index is 3.93. The lowest BCUT2D eigenvalue weighted by Gasteiger charge is -2.19. The van der Waals surface area contributed by atoms with Crippen LogP contribution in [0.25, 0.3) is 5.57 Å². The second-order valence-corrected chi connectivity index (χ2v) is 7.06. The van der Waals surface area contributed by atoms with Crippen LogP contribution in [0.5, 0.6) is 0 Å². The summed E-state index contributed by atoms with van der Waals surface area (Å²) in [6.07, 6.45) is 4.97. The summed E-state index contributed by atoms with van der Waals surface area (Å²) in [5, 5.41) is 3.36. The van der Waals surface area contributed by atoms with E-state index in [9.17, 15) is 0 Å². The van der Waals surface area contributed by atoms with Crippen molar-refractivity contribution in [2.75, 3.05) is 7.05 Å². The lowest BCUT2D eigenvalue weighted by atomic mass is 9.89. The van der Waals surface area contributed by atoms with Crippen molar-refractivity contribution >= 4 is 5.57 Å². The number of hydrogen-bond acceptors (Lipinski definition) is 1. The van der Waals surface area contributed by atoms with Gasteiger partial charge in [0.15, 0.2) is 0 Å². The maximum absolute atomic E-state index is 3.93. The van der Waals surface area contributed by atoms with Gasteiger partial charge in [-0.05, 0) is 98.7 Å². The average molecular weight is 334 g/mol. The van der Waals surface area contributed by atoms with E-state index >= 15 is 0 Å². The van der Waals surface area contributed by atoms with Gasteiger partial charge in [0.05, 0.1) is 0 Å². The molecule has 0 amide bonds. The molecule has 0 radical (unpaired) electrons. The predicted octanol–water partition coefficient (Wildman–Crippen LogP) is 6.01. The highest BCUT2D eigenvalue weighted by Crippen LogP contribution is 2.29. The molecule has 0 heterocycles. The Hall–Kier alpha value is -2.12. The van der Waals surface area contributed by atoms with Crippen LogP contribution >= 0.6 is 0 Å². The first-order chi connectivity index (χ1) is 11.9. The van der Waals surface area contributed by atoms with Crippen LogP contribution < -0.4 is 5.32 Å². The fourth-order valence-corrected chi connectivity index (χ4v) is 3.36. The molecule has 1 nitrogen and oxygen atoms in total. The van der Waals surface area contributed by atoms with E-state index in [1.165, 1.54) is 44.5 Å². The third-order valence-electron chi connectivity index (χ3n) is 5.14. The highest BCUT2D eigenvalue weighted by atomic mass is 14.9. The molecular formula is C24H31N. The van der Waals surface area contributed by atoms with Gasteiger partial charge < -0.3 is 5.32 Å². The SMILES string of the molecule is C=C/C=C(/Cc1ccc(C)c(C)c1)c1cc(C(C)NC)c(C)cc1C. The standard InChI is InChI=1S/C24H31N/c1-8-9-22(14-21-11-10-16(2)17(3)13-21)24-15-23(20(6)25-7)18(4)12-19(24)5/h8-13,15,20,25H,1,14H2,2-7H3/b22-9-. The molecule has 132 valence electrons. The number of hydrogen-bond donors (Lipinski definition) is 1. The smallest absolute Gasteiger partial charge is 0.0291 e. The molecule has 2 aromatic carbocycles. The van der Waals surface area contributed by atoms with Crippen LogP contribution in [0.2, 0.25) is 0 Å². The quantitative estimate of drug-likeness (QED) is 0.638. The minimum absolute atomic E-state index is 0.339. The van der Waals surface area contributed by atoms with Gasteiger partial charge in [-0.25, -0.2) is 0 Å². The molecule has 0 saturated heterocycles. The van der Waals surface area contributed by atoms with Gasteiger partial charge in [-0.15, -0.1) is 0 Å². The fraction of sp³-hybridized carbons (Fsp3) is 0.333. The Bertz CT molecular complexity index is 796. The van der Waals surface area contributed by atoms with Crippen LogP contribution in [-0.2, 0) is 6.42 Å². The van der Waals surface area contributed by atoms with Gasteiger partial charge in [-0.2, -0.15) is 0 Å². The van der Waals surface area contributed by atoms with Crippen LogP contribution in [-0.4, -0.2) is 7.05 Å². The van der Waals surface area contributed by atoms with Crippen molar-refractivity contribution in [1.82, 2.24) is 5.32 Å². The number of allylic oxidation sites excluding steroid dienone is 3. The Labute approximate surface area is 153 Å². The topological polar surface area (TPSA) is 12.0 Å². The molecule has 1 N–H and O–H groups in total. The molecule has 1 atom stereocenters. The van der Waals surface area contributed by atoms with Gasteiger partial charge in [0.1, 0.15) is 0 Å². The van der Waals surface area contributed by atoms with E-state index in [1.54, 1.807) is 0 Å². The van der Waals surface area contributed by atoms with E-state index in [0.29, 0.717) is 6.04 Å². The molecule has 0 aliphatic rings. The summed E-state index contributed by atoms with van der Waals surface area (Å²) < 4.78 is 0. The molecule has 0 spiro atoms. The molecule has 0 aliphatic heterocycles. The van der Waals surface area contributed by atoms with Crippen molar-refractivity contribution in [2.24, 2.45) is 0 Å². The Morgan fingerprint density at radius 3 is 2.32 bits per heavy atom. The Balaban J connectivity index is 2.48. The maximum Gasteiger partial charge on any atom is 0.0291 e. The van der Waals surface area contributed by atoms with Crippen LogP contribution in [0.15, 0.2) is 49.1 Å². The third-order valence-corrected chi connectivity index (χ3v) is 5.14. The van der Waals surface area contributed by atoms with Crippen molar-refractivity contribution < 1.29 is 0 Å². The minimum Gasteiger partial charge on any atom is -0.313 e. The zero-order valence-electron chi connectivity index (χ0n) is 16.5. The molecular weight excluding hydrogens is 302 g/mol. The lowest BCUT2D eigenvalue weighted by Crippen LogP contribution is -2.14. The van der Waals surface area contributed by atoms with Gasteiger partial charge in [0.25, 0.3) is 0 Å². The molecule has 25 heavy (non-hydrogen) atoms. The highest BCUT2D eigenvalue weighted by molar-refractivity contribution is 5.72. The van der Waals surface area contributed by atoms with Gasteiger partial charge in [-0.3, -0.25) is 0 Å². The number of aryl methyl sites for hydroxylation is 4. The number of rotatable bonds is 6. The molecule has 0 aromatic heterocycles. The van der Waals surface area contributed by atoms with E-state index in [0.717, 1.165) is 6.42 Å². The molecule has 0 aliphatic carbocycles. The van der Waals surface area contributed by atoms with Crippen molar-refractivity contribution in [3.63, 3.8) is 0 Å². The molecule has 0 fully saturated rings. The number of benzene rings is 2. The van der Waals surface area contributed by atoms with E-state index < -0.39 is 0 Å². The second-order valence-electron chi connectivity index (χ2n) is 7.06. The van der Waals surface area contributed by atoms with Crippen molar-refractivity contribution in [3.8, 4) is 0 Å². The molecule has 2 rings (SSSR count). The largest absolute Gasteiger partial charge is 0.313 e. The zero-order valence-corrected chi connectivity index (χ0v) is 16.5. The minimum atomic E-state index is 0.339. The summed E-state index contributed by atoms with van der Waals surface area (Å²) in [6, 6.07) is 11.7. The molecule has 0 saturated carbocycles. The van der Waals surface area contributed by atoms with Gasteiger partial charge in [0.2, 0.25) is 0 Å². The van der Waals surface area contributed by atoms with Crippen LogP contribution in [0, 0.1) is 27.7 Å². The van der Waals surface area contributed by atoms with E-state index in [1.807, 2.05) is 13.1 Å². The summed E-state index contributed by atoms with van der Waals surface area (Å²) >= 11 is 0. The first-order valence-corrected chi connectivity index (χ1v) is 9.03. The molecule has 2 aromatic rings. The van der Waals surface area contributed by atoms with Crippen molar-refractivity contribution in [1.29, 1.82) is 0 Å². The van der Waals surface area contributed by atoms with Crippen LogP contribution in [0.1, 0.15) is 51.9 Å². The third kappa shape index (κ3) is 4.49. The Morgan fingerprint density at radius 2 is 1.72 bits per heavy atom. The number of nitrogens with one attached hydrogen (secondary N) is 1. The lowest BCUT2D eigenvalue weighted by molar-refractivity contribution is 0.648. The molecule has 1 heteroatoms. The second kappa shape index (κ2) is 8.31. The van der Waals surface area contributed by atoms with Gasteiger partial charge in [-0.1, -0.05) is 43.0 Å². The van der Waals surface area contributed by atoms with E-state index in [4.69, 9.17) is 0 Å². The Kier molecular flexibility index (Phi) is 6.39. The summed E-state index contributed by atoms with van der Waals surface area (Å²) in [4.78, 5) is 0. The van der Waals surface area contributed by atoms with Gasteiger partial charge >= 0.3 is 0 Å². The normalized spacial score (nSPS) is 13.0. The van der Waals surface area contributed by atoms with E-state index in [-0.39, 0.29) is 0 Å². The van der Waals surface area contributed by atoms with E-state index in [2.05, 4.69) is 82.9 Å². The Morgan fingerprint density at radius 1 is 1.00 bits per heavy atom. The van der Waals surface area contributed by atoms with Crippen LogP contribution in [0.4, 0.5) is 0 Å². The molecule has 0 bridgehead atoms. The average Bonchev–Trinajstić information content (AvgIpc) is 2.57. The summed E-state index contributed by atoms with van der Waals surface area (Å²) in [5.41, 5.74) is 10.7. The van der Waals surface area contributed by atoms with Crippen molar-refractivity contribution in [2.45, 2.75) is 47.1 Å². The predicted molar refractivity (Wildman–Crippen MR) is 111 cm³/mol. The summed E-state index contributed by atoms with van der Waals surface area (Å²) in [6.45, 7) is 14.9. The van der Waals surface area contributed by atoms with Crippen molar-refractivity contribution in [3.05, 3.63) is 88.0 Å². The van der Waals surface area contributed by atoms with Gasteiger partial charge in [0, 0.05) is 6.04 Å².